The summed E-state index contributed by atoms with van der Waals surface area (Å²) >= 11 is 0. The van der Waals surface area contributed by atoms with Gasteiger partial charge in [0.05, 0.1) is 5.39 Å². The van der Waals surface area contributed by atoms with Crippen LogP contribution in [-0.4, -0.2) is 9.55 Å². The van der Waals surface area contributed by atoms with Gasteiger partial charge in [0.2, 0.25) is 0 Å². The fourth-order valence-corrected chi connectivity index (χ4v) is 2.11. The molecule has 0 N–H and O–H groups in total. The van der Waals surface area contributed by atoms with Crippen molar-refractivity contribution in [1.82, 2.24) is 9.55 Å². The minimum Gasteiger partial charge on any atom is -0.317 e. The minimum absolute atomic E-state index is 0.0238. The SMILES string of the molecule is Cn1cc(-c2cc[c]cc2)c2ccncc2c1=O. The van der Waals surface area contributed by atoms with E-state index in [1.807, 2.05) is 36.5 Å². The summed E-state index contributed by atoms with van der Waals surface area (Å²) in [5, 5.41) is 1.57. The Morgan fingerprint density at radius 3 is 2.72 bits per heavy atom. The summed E-state index contributed by atoms with van der Waals surface area (Å²) in [6.45, 7) is 0. The molecule has 87 valence electrons. The molecule has 1 aromatic carbocycles. The fourth-order valence-electron chi connectivity index (χ4n) is 2.11. The van der Waals surface area contributed by atoms with Crippen LogP contribution in [0.1, 0.15) is 0 Å². The molecule has 0 amide bonds. The Morgan fingerprint density at radius 1 is 1.17 bits per heavy atom. The van der Waals surface area contributed by atoms with Crippen molar-refractivity contribution in [3.05, 3.63) is 65.3 Å². The van der Waals surface area contributed by atoms with Gasteiger partial charge in [-0.3, -0.25) is 9.78 Å². The standard InChI is InChI=1S/C15H11N2O/c1-17-10-14(11-5-3-2-4-6-11)12-7-8-16-9-13(12)15(17)18/h3-10H,1H3. The molecule has 0 fully saturated rings. The van der Waals surface area contributed by atoms with Crippen molar-refractivity contribution in [2.24, 2.45) is 7.05 Å². The van der Waals surface area contributed by atoms with Crippen LogP contribution in [-0.2, 0) is 7.05 Å². The van der Waals surface area contributed by atoms with E-state index in [2.05, 4.69) is 11.1 Å². The molecule has 3 heteroatoms. The Hall–Kier alpha value is -2.42. The lowest BCUT2D eigenvalue weighted by Crippen LogP contribution is -2.16. The zero-order chi connectivity index (χ0) is 12.5. The van der Waals surface area contributed by atoms with Gasteiger partial charge in [0.15, 0.2) is 0 Å². The summed E-state index contributed by atoms with van der Waals surface area (Å²) in [7, 11) is 1.76. The second-order valence-corrected chi connectivity index (χ2v) is 4.17. The third-order valence-electron chi connectivity index (χ3n) is 3.01. The molecule has 0 unspecified atom stereocenters. The van der Waals surface area contributed by atoms with E-state index in [0.29, 0.717) is 5.39 Å². The molecule has 0 saturated heterocycles. The van der Waals surface area contributed by atoms with Gasteiger partial charge in [0.25, 0.3) is 5.56 Å². The van der Waals surface area contributed by atoms with Crippen LogP contribution in [0.3, 0.4) is 0 Å². The number of benzene rings is 1. The first-order valence-electron chi connectivity index (χ1n) is 5.67. The van der Waals surface area contributed by atoms with Crippen LogP contribution in [0.25, 0.3) is 21.9 Å². The molecule has 0 aliphatic carbocycles. The van der Waals surface area contributed by atoms with Crippen molar-refractivity contribution in [3.63, 3.8) is 0 Å². The maximum Gasteiger partial charge on any atom is 0.259 e. The second kappa shape index (κ2) is 4.11. The zero-order valence-corrected chi connectivity index (χ0v) is 9.92. The van der Waals surface area contributed by atoms with Gasteiger partial charge in [0.1, 0.15) is 0 Å². The molecule has 0 aliphatic rings. The largest absolute Gasteiger partial charge is 0.317 e. The van der Waals surface area contributed by atoms with Crippen molar-refractivity contribution in [2.75, 3.05) is 0 Å². The molecule has 0 aliphatic heterocycles. The highest BCUT2D eigenvalue weighted by Gasteiger charge is 2.08. The first-order chi connectivity index (χ1) is 8.77. The van der Waals surface area contributed by atoms with Crippen molar-refractivity contribution < 1.29 is 0 Å². The Balaban J connectivity index is 2.44. The Labute approximate surface area is 104 Å². The average molecular weight is 235 g/mol. The summed E-state index contributed by atoms with van der Waals surface area (Å²) in [6, 6.07) is 12.6. The molecule has 0 bridgehead atoms. The molecular formula is C15H11N2O. The molecule has 0 saturated carbocycles. The lowest BCUT2D eigenvalue weighted by atomic mass is 10.0. The zero-order valence-electron chi connectivity index (χ0n) is 9.92. The number of aromatic nitrogens is 2. The molecule has 2 heterocycles. The van der Waals surface area contributed by atoms with Crippen molar-refractivity contribution in [3.8, 4) is 11.1 Å². The van der Waals surface area contributed by atoms with Gasteiger partial charge in [-0.15, -0.1) is 0 Å². The average Bonchev–Trinajstić information content (AvgIpc) is 2.44. The van der Waals surface area contributed by atoms with Gasteiger partial charge < -0.3 is 4.57 Å². The molecule has 1 radical (unpaired) electrons. The smallest absolute Gasteiger partial charge is 0.259 e. The van der Waals surface area contributed by atoms with Crippen LogP contribution < -0.4 is 5.56 Å². The van der Waals surface area contributed by atoms with Crippen molar-refractivity contribution >= 4 is 10.8 Å². The Morgan fingerprint density at radius 2 is 1.94 bits per heavy atom. The third kappa shape index (κ3) is 1.61. The Kier molecular flexibility index (Phi) is 2.45. The van der Waals surface area contributed by atoms with Crippen molar-refractivity contribution in [2.45, 2.75) is 0 Å². The second-order valence-electron chi connectivity index (χ2n) is 4.17. The van der Waals surface area contributed by atoms with E-state index >= 15 is 0 Å². The van der Waals surface area contributed by atoms with E-state index in [1.165, 1.54) is 0 Å². The van der Waals surface area contributed by atoms with E-state index in [9.17, 15) is 4.79 Å². The van der Waals surface area contributed by atoms with Crippen LogP contribution in [0.2, 0.25) is 0 Å². The summed E-state index contributed by atoms with van der Waals surface area (Å²) in [6.07, 6.45) is 5.19. The van der Waals surface area contributed by atoms with Crippen molar-refractivity contribution in [1.29, 1.82) is 0 Å². The summed E-state index contributed by atoms with van der Waals surface area (Å²) < 4.78 is 1.59. The normalized spacial score (nSPS) is 10.7. The highest BCUT2D eigenvalue weighted by Crippen LogP contribution is 2.25. The number of pyridine rings is 2. The lowest BCUT2D eigenvalue weighted by molar-refractivity contribution is 0.874. The van der Waals surface area contributed by atoms with Crippen LogP contribution in [0, 0.1) is 6.07 Å². The number of hydrogen-bond donors (Lipinski definition) is 0. The van der Waals surface area contributed by atoms with Gasteiger partial charge in [-0.1, -0.05) is 24.3 Å². The predicted molar refractivity (Wildman–Crippen MR) is 71.3 cm³/mol. The minimum atomic E-state index is -0.0238. The maximum absolute atomic E-state index is 12.0. The quantitative estimate of drug-likeness (QED) is 0.649. The van der Waals surface area contributed by atoms with Gasteiger partial charge in [-0.05, 0) is 23.1 Å². The molecule has 18 heavy (non-hydrogen) atoms. The number of rotatable bonds is 1. The molecule has 3 aromatic rings. The highest BCUT2D eigenvalue weighted by atomic mass is 16.1. The van der Waals surface area contributed by atoms with E-state index in [0.717, 1.165) is 16.5 Å². The van der Waals surface area contributed by atoms with Crippen LogP contribution in [0.5, 0.6) is 0 Å². The summed E-state index contributed by atoms with van der Waals surface area (Å²) in [4.78, 5) is 16.1. The molecule has 0 spiro atoms. The molecule has 3 nitrogen and oxygen atoms in total. The molecule has 0 atom stereocenters. The third-order valence-corrected chi connectivity index (χ3v) is 3.01. The molecule has 3 rings (SSSR count). The maximum atomic E-state index is 12.0. The lowest BCUT2D eigenvalue weighted by Gasteiger charge is -2.08. The predicted octanol–water partition coefficient (Wildman–Crippen LogP) is 2.40. The van der Waals surface area contributed by atoms with Crippen LogP contribution >= 0.6 is 0 Å². The number of aryl methyl sites for hydroxylation is 1. The Bertz CT molecular complexity index is 760. The highest BCUT2D eigenvalue weighted by molar-refractivity contribution is 5.95. The van der Waals surface area contributed by atoms with E-state index in [1.54, 1.807) is 24.0 Å². The van der Waals surface area contributed by atoms with E-state index in [4.69, 9.17) is 0 Å². The number of hydrogen-bond acceptors (Lipinski definition) is 2. The van der Waals surface area contributed by atoms with Gasteiger partial charge >= 0.3 is 0 Å². The summed E-state index contributed by atoms with van der Waals surface area (Å²) in [5.41, 5.74) is 2.08. The fraction of sp³-hybridized carbons (Fsp3) is 0.0667. The van der Waals surface area contributed by atoms with Crippen LogP contribution in [0.4, 0.5) is 0 Å². The van der Waals surface area contributed by atoms with E-state index < -0.39 is 0 Å². The van der Waals surface area contributed by atoms with Gasteiger partial charge in [-0.25, -0.2) is 0 Å². The molecule has 2 aromatic heterocycles. The molecular weight excluding hydrogens is 224 g/mol. The topological polar surface area (TPSA) is 34.9 Å². The van der Waals surface area contributed by atoms with Gasteiger partial charge in [-0.2, -0.15) is 0 Å². The van der Waals surface area contributed by atoms with Crippen LogP contribution in [0.15, 0.2) is 53.7 Å². The monoisotopic (exact) mass is 235 g/mol. The first-order valence-corrected chi connectivity index (χ1v) is 5.67. The summed E-state index contributed by atoms with van der Waals surface area (Å²) in [5.74, 6) is 0. The first kappa shape index (κ1) is 10.7. The van der Waals surface area contributed by atoms with Gasteiger partial charge in [0, 0.05) is 31.2 Å². The van der Waals surface area contributed by atoms with E-state index in [-0.39, 0.29) is 5.56 Å². The number of fused-ring (bicyclic) bond motifs is 1. The number of nitrogens with zero attached hydrogens (tertiary/aromatic N) is 2.